The van der Waals surface area contributed by atoms with Crippen LogP contribution in [0.15, 0.2) is 27.8 Å². The Kier molecular flexibility index (Phi) is 5.04. The number of oxime groups is 1. The molecule has 0 saturated heterocycles. The molecule has 0 aromatic heterocycles. The van der Waals surface area contributed by atoms with E-state index >= 15 is 0 Å². The fourth-order valence-electron chi connectivity index (χ4n) is 1.62. The second-order valence-electron chi connectivity index (χ2n) is 3.78. The van der Waals surface area contributed by atoms with E-state index in [1.165, 1.54) is 12.1 Å². The van der Waals surface area contributed by atoms with Crippen molar-refractivity contribution in [3.63, 3.8) is 0 Å². The Balaban J connectivity index is 3.25. The minimum Gasteiger partial charge on any atom is -0.409 e. The highest BCUT2D eigenvalue weighted by Crippen LogP contribution is 2.28. The Morgan fingerprint density at radius 2 is 2.11 bits per heavy atom. The lowest BCUT2D eigenvalue weighted by Gasteiger charge is -2.26. The van der Waals surface area contributed by atoms with E-state index in [2.05, 4.69) is 21.1 Å². The van der Waals surface area contributed by atoms with Crippen LogP contribution in [0.2, 0.25) is 0 Å². The third-order valence-electron chi connectivity index (χ3n) is 2.44. The normalized spacial score (nSPS) is 12.6. The zero-order valence-corrected chi connectivity index (χ0v) is 11.7. The fraction of sp³-hybridized carbons (Fsp3) is 0.364. The van der Waals surface area contributed by atoms with E-state index in [9.17, 15) is 13.2 Å². The zero-order valence-electron chi connectivity index (χ0n) is 10.1. The van der Waals surface area contributed by atoms with Crippen LogP contribution in [0.25, 0.3) is 0 Å². The minimum atomic E-state index is -4.33. The van der Waals surface area contributed by atoms with Crippen molar-refractivity contribution < 1.29 is 18.4 Å². The van der Waals surface area contributed by atoms with Gasteiger partial charge >= 0.3 is 6.18 Å². The van der Waals surface area contributed by atoms with Gasteiger partial charge in [-0.25, -0.2) is 0 Å². The lowest BCUT2D eigenvalue weighted by molar-refractivity contribution is -0.119. The monoisotopic (exact) mass is 339 g/mol. The molecule has 1 aromatic carbocycles. The van der Waals surface area contributed by atoms with Crippen molar-refractivity contribution in [2.45, 2.75) is 13.1 Å². The molecule has 19 heavy (non-hydrogen) atoms. The molecule has 0 aliphatic heterocycles. The number of amidine groups is 1. The standard InChI is InChI=1S/C11H13BrF3N3O/c1-2-18(6-11(13,14)15)9-5-7(12)3-4-8(9)10(16)17-19/h3-5,19H,2,6H2,1H3,(H2,16,17). The zero-order chi connectivity index (χ0) is 14.6. The number of nitrogens with zero attached hydrogens (tertiary/aromatic N) is 2. The van der Waals surface area contributed by atoms with Crippen LogP contribution in [-0.2, 0) is 0 Å². The van der Waals surface area contributed by atoms with Gasteiger partial charge in [0.1, 0.15) is 6.54 Å². The van der Waals surface area contributed by atoms with Crippen molar-refractivity contribution in [2.24, 2.45) is 10.9 Å². The topological polar surface area (TPSA) is 61.8 Å². The molecule has 106 valence electrons. The molecule has 1 rings (SSSR count). The summed E-state index contributed by atoms with van der Waals surface area (Å²) in [6.45, 7) is 0.635. The van der Waals surface area contributed by atoms with Crippen molar-refractivity contribution in [1.29, 1.82) is 0 Å². The van der Waals surface area contributed by atoms with Crippen molar-refractivity contribution in [1.82, 2.24) is 0 Å². The number of hydrogen-bond donors (Lipinski definition) is 2. The molecule has 4 nitrogen and oxygen atoms in total. The van der Waals surface area contributed by atoms with Crippen molar-refractivity contribution >= 4 is 27.5 Å². The molecular formula is C11H13BrF3N3O. The Morgan fingerprint density at radius 3 is 2.58 bits per heavy atom. The van der Waals surface area contributed by atoms with Crippen LogP contribution in [0, 0.1) is 0 Å². The third-order valence-corrected chi connectivity index (χ3v) is 2.93. The molecule has 0 amide bonds. The molecule has 0 atom stereocenters. The maximum absolute atomic E-state index is 12.5. The van der Waals surface area contributed by atoms with Gasteiger partial charge in [-0.3, -0.25) is 0 Å². The average Bonchev–Trinajstić information content (AvgIpc) is 2.33. The first-order chi connectivity index (χ1) is 8.78. The van der Waals surface area contributed by atoms with Gasteiger partial charge in [0.15, 0.2) is 5.84 Å². The SMILES string of the molecule is CCN(CC(F)(F)F)c1cc(Br)ccc1/C(N)=N/O. The van der Waals surface area contributed by atoms with Gasteiger partial charge in [-0.1, -0.05) is 21.1 Å². The van der Waals surface area contributed by atoms with Crippen molar-refractivity contribution in [2.75, 3.05) is 18.0 Å². The van der Waals surface area contributed by atoms with E-state index in [1.54, 1.807) is 13.0 Å². The molecule has 0 saturated carbocycles. The van der Waals surface area contributed by atoms with E-state index in [4.69, 9.17) is 10.9 Å². The molecule has 0 spiro atoms. The van der Waals surface area contributed by atoms with Crippen LogP contribution in [0.1, 0.15) is 12.5 Å². The van der Waals surface area contributed by atoms with Gasteiger partial charge in [-0.2, -0.15) is 13.2 Å². The number of rotatable bonds is 4. The van der Waals surface area contributed by atoms with Gasteiger partial charge in [0.2, 0.25) is 0 Å². The lowest BCUT2D eigenvalue weighted by Crippen LogP contribution is -2.35. The highest BCUT2D eigenvalue weighted by Gasteiger charge is 2.31. The predicted octanol–water partition coefficient (Wildman–Crippen LogP) is 2.93. The first-order valence-electron chi connectivity index (χ1n) is 5.37. The molecule has 0 aliphatic rings. The number of alkyl halides is 3. The molecule has 1 aromatic rings. The molecule has 0 aliphatic carbocycles. The highest BCUT2D eigenvalue weighted by molar-refractivity contribution is 9.10. The molecule has 0 radical (unpaired) electrons. The fourth-order valence-corrected chi connectivity index (χ4v) is 1.97. The van der Waals surface area contributed by atoms with Gasteiger partial charge in [0, 0.05) is 22.3 Å². The summed E-state index contributed by atoms with van der Waals surface area (Å²) in [5.41, 5.74) is 5.98. The molecule has 0 bridgehead atoms. The molecule has 0 fully saturated rings. The van der Waals surface area contributed by atoms with Crippen LogP contribution < -0.4 is 10.6 Å². The second-order valence-corrected chi connectivity index (χ2v) is 4.69. The Morgan fingerprint density at radius 1 is 1.47 bits per heavy atom. The average molecular weight is 340 g/mol. The summed E-state index contributed by atoms with van der Waals surface area (Å²) in [7, 11) is 0. The number of halogens is 4. The summed E-state index contributed by atoms with van der Waals surface area (Å²) in [6.07, 6.45) is -4.33. The molecular weight excluding hydrogens is 327 g/mol. The Hall–Kier alpha value is -1.44. The summed E-state index contributed by atoms with van der Waals surface area (Å²) in [5.74, 6) is -0.233. The maximum atomic E-state index is 12.5. The van der Waals surface area contributed by atoms with E-state index in [0.29, 0.717) is 4.47 Å². The number of anilines is 1. The van der Waals surface area contributed by atoms with Crippen molar-refractivity contribution in [3.8, 4) is 0 Å². The largest absolute Gasteiger partial charge is 0.409 e. The Bertz CT molecular complexity index is 477. The number of hydrogen-bond acceptors (Lipinski definition) is 3. The minimum absolute atomic E-state index is 0.141. The van der Waals surface area contributed by atoms with E-state index in [-0.39, 0.29) is 23.6 Å². The lowest BCUT2D eigenvalue weighted by atomic mass is 10.1. The molecule has 3 N–H and O–H groups in total. The summed E-state index contributed by atoms with van der Waals surface area (Å²) in [4.78, 5) is 1.11. The van der Waals surface area contributed by atoms with Crippen molar-refractivity contribution in [3.05, 3.63) is 28.2 Å². The second kappa shape index (κ2) is 6.14. The van der Waals surface area contributed by atoms with Crippen LogP contribution in [0.3, 0.4) is 0 Å². The van der Waals surface area contributed by atoms with E-state index in [0.717, 1.165) is 4.90 Å². The van der Waals surface area contributed by atoms with E-state index in [1.807, 2.05) is 0 Å². The van der Waals surface area contributed by atoms with Gasteiger partial charge in [-0.15, -0.1) is 0 Å². The van der Waals surface area contributed by atoms with Crippen LogP contribution in [-0.4, -0.2) is 30.3 Å². The summed E-state index contributed by atoms with van der Waals surface area (Å²) < 4.78 is 38.2. The van der Waals surface area contributed by atoms with Gasteiger partial charge in [0.25, 0.3) is 0 Å². The highest BCUT2D eigenvalue weighted by atomic mass is 79.9. The number of benzene rings is 1. The van der Waals surface area contributed by atoms with Crippen LogP contribution in [0.5, 0.6) is 0 Å². The smallest absolute Gasteiger partial charge is 0.405 e. The molecule has 0 heterocycles. The Labute approximate surface area is 116 Å². The summed E-state index contributed by atoms with van der Waals surface area (Å²) in [5, 5.41) is 11.5. The van der Waals surface area contributed by atoms with E-state index < -0.39 is 12.7 Å². The summed E-state index contributed by atoms with van der Waals surface area (Å²) in [6, 6.07) is 4.61. The van der Waals surface area contributed by atoms with Crippen LogP contribution in [0.4, 0.5) is 18.9 Å². The van der Waals surface area contributed by atoms with Crippen LogP contribution >= 0.6 is 15.9 Å². The first-order valence-corrected chi connectivity index (χ1v) is 6.17. The third kappa shape index (κ3) is 4.30. The van der Waals surface area contributed by atoms with Gasteiger partial charge in [0.05, 0.1) is 0 Å². The first kappa shape index (κ1) is 15.6. The summed E-state index contributed by atoms with van der Waals surface area (Å²) >= 11 is 3.19. The van der Waals surface area contributed by atoms with Gasteiger partial charge in [-0.05, 0) is 25.1 Å². The molecule has 0 unspecified atom stereocenters. The quantitative estimate of drug-likeness (QED) is 0.383. The maximum Gasteiger partial charge on any atom is 0.405 e. The van der Waals surface area contributed by atoms with Gasteiger partial charge < -0.3 is 15.8 Å². The number of nitrogens with two attached hydrogens (primary N) is 1. The molecule has 8 heteroatoms. The predicted molar refractivity (Wildman–Crippen MR) is 70.6 cm³/mol.